The number of amidine groups is 1. The molecular weight excluding hydrogens is 464 g/mol. The lowest BCUT2D eigenvalue weighted by molar-refractivity contribution is -0.138. The summed E-state index contributed by atoms with van der Waals surface area (Å²) in [6.45, 7) is 3.88. The first-order chi connectivity index (χ1) is 15.9. The molecule has 1 aliphatic rings. The van der Waals surface area contributed by atoms with Gasteiger partial charge in [-0.3, -0.25) is 0 Å². The maximum atomic E-state index is 12.8. The fourth-order valence-corrected chi connectivity index (χ4v) is 4.45. The van der Waals surface area contributed by atoms with Crippen LogP contribution in [0.25, 0.3) is 0 Å². The zero-order chi connectivity index (χ0) is 24.0. The topological polar surface area (TPSA) is 78.4 Å². The number of carbonyl (C=O) groups is 1. The van der Waals surface area contributed by atoms with Crippen molar-refractivity contribution in [3.8, 4) is 17.2 Å². The van der Waals surface area contributed by atoms with Crippen molar-refractivity contribution >= 4 is 34.5 Å². The number of hydrogen-bond donors (Lipinski definition) is 1. The summed E-state index contributed by atoms with van der Waals surface area (Å²) in [6.07, 6.45) is 0. The Morgan fingerprint density at radius 1 is 1.09 bits per heavy atom. The molecule has 0 saturated carbocycles. The largest absolute Gasteiger partial charge is 0.493 e. The Morgan fingerprint density at radius 3 is 2.27 bits per heavy atom. The van der Waals surface area contributed by atoms with Crippen LogP contribution in [-0.4, -0.2) is 39.1 Å². The number of carbonyl (C=O) groups excluding carboxylic acids is 1. The van der Waals surface area contributed by atoms with E-state index in [0.717, 1.165) is 11.1 Å². The number of esters is 1. The minimum absolute atomic E-state index is 0.263. The molecule has 0 radical (unpaired) electrons. The molecule has 1 atom stereocenters. The van der Waals surface area contributed by atoms with Gasteiger partial charge < -0.3 is 24.3 Å². The number of benzene rings is 2. The molecule has 33 heavy (non-hydrogen) atoms. The molecule has 176 valence electrons. The number of thioether (sulfide) groups is 1. The van der Waals surface area contributed by atoms with Crippen LogP contribution in [0.2, 0.25) is 5.02 Å². The summed E-state index contributed by atoms with van der Waals surface area (Å²) in [5.41, 5.74) is 2.94. The molecule has 0 unspecified atom stereocenters. The van der Waals surface area contributed by atoms with Crippen LogP contribution in [0.1, 0.15) is 31.0 Å². The van der Waals surface area contributed by atoms with E-state index in [-0.39, 0.29) is 6.61 Å². The third kappa shape index (κ3) is 5.75. The lowest BCUT2D eigenvalue weighted by atomic mass is 9.96. The van der Waals surface area contributed by atoms with Crippen molar-refractivity contribution in [2.45, 2.75) is 25.6 Å². The lowest BCUT2D eigenvalue weighted by Gasteiger charge is -2.26. The average Bonchev–Trinajstić information content (AvgIpc) is 2.82. The zero-order valence-electron chi connectivity index (χ0n) is 19.2. The molecule has 9 heteroatoms. The van der Waals surface area contributed by atoms with E-state index in [4.69, 9.17) is 35.5 Å². The SMILES string of the molecule is CCOC(=O)C1=C(C)NC(SCc2ccc(Cl)cc2)=N[C@H]1c1cc(OC)c(OC)c(OC)c1. The van der Waals surface area contributed by atoms with Crippen LogP contribution in [0.5, 0.6) is 17.2 Å². The minimum Gasteiger partial charge on any atom is -0.493 e. The van der Waals surface area contributed by atoms with Crippen molar-refractivity contribution in [3.05, 3.63) is 63.8 Å². The van der Waals surface area contributed by atoms with Gasteiger partial charge in [-0.05, 0) is 49.2 Å². The molecular formula is C24H27ClN2O5S. The number of ether oxygens (including phenoxy) is 4. The van der Waals surface area contributed by atoms with Crippen molar-refractivity contribution in [2.75, 3.05) is 27.9 Å². The summed E-state index contributed by atoms with van der Waals surface area (Å²) in [4.78, 5) is 17.7. The van der Waals surface area contributed by atoms with E-state index in [1.807, 2.05) is 31.2 Å². The van der Waals surface area contributed by atoms with E-state index in [9.17, 15) is 4.79 Å². The molecule has 2 aromatic rings. The molecule has 0 bridgehead atoms. The predicted octanol–water partition coefficient (Wildman–Crippen LogP) is 5.14. The normalized spacial score (nSPS) is 15.5. The molecule has 3 rings (SSSR count). The maximum Gasteiger partial charge on any atom is 0.338 e. The molecule has 0 spiro atoms. The lowest BCUT2D eigenvalue weighted by Crippen LogP contribution is -2.30. The zero-order valence-corrected chi connectivity index (χ0v) is 20.8. The molecule has 1 aliphatic heterocycles. The van der Waals surface area contributed by atoms with Crippen molar-refractivity contribution in [2.24, 2.45) is 4.99 Å². The summed E-state index contributed by atoms with van der Waals surface area (Å²) in [6, 6.07) is 10.7. The van der Waals surface area contributed by atoms with E-state index in [2.05, 4.69) is 5.32 Å². The van der Waals surface area contributed by atoms with Gasteiger partial charge in [0.2, 0.25) is 5.75 Å². The molecule has 1 N–H and O–H groups in total. The fourth-order valence-electron chi connectivity index (χ4n) is 3.43. The maximum absolute atomic E-state index is 12.8. The van der Waals surface area contributed by atoms with Gasteiger partial charge >= 0.3 is 5.97 Å². The van der Waals surface area contributed by atoms with Crippen LogP contribution >= 0.6 is 23.4 Å². The highest BCUT2D eigenvalue weighted by molar-refractivity contribution is 8.13. The number of hydrogen-bond acceptors (Lipinski definition) is 8. The molecule has 0 aliphatic carbocycles. The van der Waals surface area contributed by atoms with Gasteiger partial charge in [-0.1, -0.05) is 35.5 Å². The van der Waals surface area contributed by atoms with Crippen LogP contribution in [0.15, 0.2) is 52.7 Å². The monoisotopic (exact) mass is 490 g/mol. The van der Waals surface area contributed by atoms with Gasteiger partial charge in [-0.15, -0.1) is 0 Å². The molecule has 0 aromatic heterocycles. The van der Waals surface area contributed by atoms with E-state index in [0.29, 0.717) is 44.5 Å². The van der Waals surface area contributed by atoms with Gasteiger partial charge in [0.05, 0.1) is 33.5 Å². The highest BCUT2D eigenvalue weighted by Gasteiger charge is 2.32. The Bertz CT molecular complexity index is 1040. The van der Waals surface area contributed by atoms with Gasteiger partial charge in [0, 0.05) is 16.5 Å². The number of rotatable bonds is 8. The smallest absolute Gasteiger partial charge is 0.338 e. The number of allylic oxidation sites excluding steroid dienone is 1. The van der Waals surface area contributed by atoms with E-state index < -0.39 is 12.0 Å². The first-order valence-electron chi connectivity index (χ1n) is 10.3. The standard InChI is InChI=1S/C24H27ClN2O5S/c1-6-32-23(28)20-14(2)26-24(33-13-15-7-9-17(25)10-8-15)27-21(20)16-11-18(29-3)22(31-5)19(12-16)30-4/h7-12,21H,6,13H2,1-5H3,(H,26,27)/t21-/m0/s1. The van der Waals surface area contributed by atoms with Crippen LogP contribution in [0.3, 0.4) is 0 Å². The Balaban J connectivity index is 2.01. The number of methoxy groups -OCH3 is 3. The number of aliphatic imine (C=N–C) groups is 1. The summed E-state index contributed by atoms with van der Waals surface area (Å²) in [5.74, 6) is 1.70. The fraction of sp³-hybridized carbons (Fsp3) is 0.333. The van der Waals surface area contributed by atoms with Crippen LogP contribution in [0, 0.1) is 0 Å². The molecule has 0 amide bonds. The molecule has 0 fully saturated rings. The second-order valence-electron chi connectivity index (χ2n) is 7.09. The quantitative estimate of drug-likeness (QED) is 0.513. The van der Waals surface area contributed by atoms with Crippen molar-refractivity contribution < 1.29 is 23.7 Å². The van der Waals surface area contributed by atoms with Gasteiger partial charge in [0.1, 0.15) is 6.04 Å². The summed E-state index contributed by atoms with van der Waals surface area (Å²) in [7, 11) is 4.64. The van der Waals surface area contributed by atoms with Crippen molar-refractivity contribution in [1.82, 2.24) is 5.32 Å². The first kappa shape index (κ1) is 24.8. The van der Waals surface area contributed by atoms with Crippen molar-refractivity contribution in [1.29, 1.82) is 0 Å². The van der Waals surface area contributed by atoms with Crippen LogP contribution in [0.4, 0.5) is 0 Å². The first-order valence-corrected chi connectivity index (χ1v) is 11.7. The third-order valence-corrected chi connectivity index (χ3v) is 6.22. The Hall–Kier alpha value is -2.84. The minimum atomic E-state index is -0.605. The Kier molecular flexibility index (Phi) is 8.52. The van der Waals surface area contributed by atoms with Gasteiger partial charge in [-0.25, -0.2) is 9.79 Å². The van der Waals surface area contributed by atoms with Gasteiger partial charge in [-0.2, -0.15) is 0 Å². The molecule has 1 heterocycles. The van der Waals surface area contributed by atoms with Crippen LogP contribution in [-0.2, 0) is 15.3 Å². The molecule has 7 nitrogen and oxygen atoms in total. The van der Waals surface area contributed by atoms with Gasteiger partial charge in [0.25, 0.3) is 0 Å². The number of nitrogens with one attached hydrogen (secondary N) is 1. The molecule has 2 aromatic carbocycles. The Labute approximate surface area is 203 Å². The highest BCUT2D eigenvalue weighted by Crippen LogP contribution is 2.43. The summed E-state index contributed by atoms with van der Waals surface area (Å²) >= 11 is 7.52. The third-order valence-electron chi connectivity index (χ3n) is 5.01. The average molecular weight is 491 g/mol. The highest BCUT2D eigenvalue weighted by atomic mass is 35.5. The second kappa shape index (κ2) is 11.3. The van der Waals surface area contributed by atoms with E-state index in [1.54, 1.807) is 40.4 Å². The number of halogens is 1. The molecule has 0 saturated heterocycles. The second-order valence-corrected chi connectivity index (χ2v) is 8.50. The Morgan fingerprint density at radius 2 is 1.73 bits per heavy atom. The van der Waals surface area contributed by atoms with Crippen LogP contribution < -0.4 is 19.5 Å². The van der Waals surface area contributed by atoms with Gasteiger partial charge in [0.15, 0.2) is 16.7 Å². The van der Waals surface area contributed by atoms with E-state index >= 15 is 0 Å². The summed E-state index contributed by atoms with van der Waals surface area (Å²) in [5, 5.41) is 4.63. The predicted molar refractivity (Wildman–Crippen MR) is 131 cm³/mol. The van der Waals surface area contributed by atoms with Crippen molar-refractivity contribution in [3.63, 3.8) is 0 Å². The number of nitrogens with zero attached hydrogens (tertiary/aromatic N) is 1. The summed E-state index contributed by atoms with van der Waals surface area (Å²) < 4.78 is 21.8. The van der Waals surface area contributed by atoms with E-state index in [1.165, 1.54) is 11.8 Å².